The summed E-state index contributed by atoms with van der Waals surface area (Å²) in [5.74, 6) is 0. The Morgan fingerprint density at radius 1 is 1.50 bits per heavy atom. The maximum atomic E-state index is 5.60. The smallest absolute Gasteiger partial charge is 0 e. The predicted octanol–water partition coefficient (Wildman–Crippen LogP) is 1.09. The Kier molecular flexibility index (Phi) is 4.63. The molecule has 2 heteroatoms. The molecule has 0 heterocycles. The summed E-state index contributed by atoms with van der Waals surface area (Å²) in [5, 5.41) is 0. The van der Waals surface area contributed by atoms with Crippen LogP contribution in [0.3, 0.4) is 0 Å². The fraction of sp³-hybridized carbons (Fsp3) is 0.833. The molecule has 49 valence electrons. The standard InChI is InChI=1S/C6H12N.Mn/c7-6-4-2-1-3-5-6;/h2,6H,1,3-5,7H2;/q-1;. The molecule has 0 aromatic carbocycles. The van der Waals surface area contributed by atoms with Gasteiger partial charge in [0.05, 0.1) is 0 Å². The van der Waals surface area contributed by atoms with Gasteiger partial charge in [0.1, 0.15) is 0 Å². The molecular weight excluding hydrogens is 141 g/mol. The van der Waals surface area contributed by atoms with Crippen molar-refractivity contribution in [2.75, 3.05) is 0 Å². The topological polar surface area (TPSA) is 26.0 Å². The second-order valence-corrected chi connectivity index (χ2v) is 2.22. The molecule has 2 N–H and O–H groups in total. The van der Waals surface area contributed by atoms with Crippen LogP contribution >= 0.6 is 0 Å². The zero-order chi connectivity index (χ0) is 5.11. The van der Waals surface area contributed by atoms with Gasteiger partial charge in [0.15, 0.2) is 0 Å². The molecule has 1 unspecified atom stereocenters. The first kappa shape index (κ1) is 8.48. The molecule has 1 fully saturated rings. The molecule has 0 aromatic heterocycles. The van der Waals surface area contributed by atoms with E-state index in [2.05, 4.69) is 6.42 Å². The summed E-state index contributed by atoms with van der Waals surface area (Å²) in [6, 6.07) is 0.480. The minimum atomic E-state index is 0. The van der Waals surface area contributed by atoms with Crippen molar-refractivity contribution in [2.45, 2.75) is 31.7 Å². The Morgan fingerprint density at radius 2 is 2.25 bits per heavy atom. The first-order valence-corrected chi connectivity index (χ1v) is 2.97. The molecule has 1 radical (unpaired) electrons. The van der Waals surface area contributed by atoms with E-state index >= 15 is 0 Å². The van der Waals surface area contributed by atoms with Crippen LogP contribution in [0, 0.1) is 6.42 Å². The van der Waals surface area contributed by atoms with E-state index in [4.69, 9.17) is 5.73 Å². The molecule has 1 nitrogen and oxygen atoms in total. The molecular formula is C6H12MnN-. The van der Waals surface area contributed by atoms with Crippen molar-refractivity contribution in [3.63, 3.8) is 0 Å². The first-order chi connectivity index (χ1) is 3.39. The Bertz CT molecular complexity index is 50.5. The number of hydrogen-bond acceptors (Lipinski definition) is 1. The van der Waals surface area contributed by atoms with Crippen molar-refractivity contribution in [3.8, 4) is 0 Å². The first-order valence-electron chi connectivity index (χ1n) is 2.97. The van der Waals surface area contributed by atoms with Gasteiger partial charge in [-0.15, -0.1) is 0 Å². The van der Waals surface area contributed by atoms with Crippen LogP contribution in [0.15, 0.2) is 0 Å². The summed E-state index contributed by atoms with van der Waals surface area (Å²) < 4.78 is 0. The molecule has 1 aliphatic carbocycles. The van der Waals surface area contributed by atoms with Crippen molar-refractivity contribution >= 4 is 0 Å². The molecule has 1 atom stereocenters. The molecule has 0 bridgehead atoms. The third kappa shape index (κ3) is 2.71. The minimum Gasteiger partial charge on any atom is -0.330 e. The van der Waals surface area contributed by atoms with Crippen molar-refractivity contribution in [3.05, 3.63) is 6.42 Å². The summed E-state index contributed by atoms with van der Waals surface area (Å²) in [7, 11) is 0. The Morgan fingerprint density at radius 3 is 2.50 bits per heavy atom. The maximum Gasteiger partial charge on any atom is 0 e. The summed E-state index contributed by atoms with van der Waals surface area (Å²) >= 11 is 0. The van der Waals surface area contributed by atoms with Gasteiger partial charge in [-0.05, 0) is 12.5 Å². The normalized spacial score (nSPS) is 28.9. The molecule has 0 saturated heterocycles. The SMILES string of the molecule is NC1C[CH-]CCC1.[Mn]. The van der Waals surface area contributed by atoms with Gasteiger partial charge in [-0.2, -0.15) is 12.8 Å². The monoisotopic (exact) mass is 153 g/mol. The zero-order valence-corrected chi connectivity index (χ0v) is 6.12. The maximum absolute atomic E-state index is 5.60. The number of rotatable bonds is 0. The quantitative estimate of drug-likeness (QED) is 0.409. The number of hydrogen-bond donors (Lipinski definition) is 1. The van der Waals surface area contributed by atoms with Gasteiger partial charge >= 0.3 is 0 Å². The predicted molar refractivity (Wildman–Crippen MR) is 30.7 cm³/mol. The molecule has 8 heavy (non-hydrogen) atoms. The van der Waals surface area contributed by atoms with E-state index < -0.39 is 0 Å². The van der Waals surface area contributed by atoms with Gasteiger partial charge in [0.25, 0.3) is 0 Å². The van der Waals surface area contributed by atoms with Crippen molar-refractivity contribution in [2.24, 2.45) is 5.73 Å². The second kappa shape index (κ2) is 4.37. The van der Waals surface area contributed by atoms with Crippen LogP contribution < -0.4 is 5.73 Å². The fourth-order valence-electron chi connectivity index (χ4n) is 0.974. The van der Waals surface area contributed by atoms with Gasteiger partial charge in [0.2, 0.25) is 0 Å². The average molecular weight is 153 g/mol. The van der Waals surface area contributed by atoms with E-state index in [9.17, 15) is 0 Å². The second-order valence-electron chi connectivity index (χ2n) is 2.22. The van der Waals surface area contributed by atoms with Crippen LogP contribution in [-0.4, -0.2) is 6.04 Å². The largest absolute Gasteiger partial charge is 0.330 e. The van der Waals surface area contributed by atoms with Crippen LogP contribution in [0.4, 0.5) is 0 Å². The van der Waals surface area contributed by atoms with E-state index in [0.29, 0.717) is 6.04 Å². The van der Waals surface area contributed by atoms with Crippen molar-refractivity contribution in [1.29, 1.82) is 0 Å². The summed E-state index contributed by atoms with van der Waals surface area (Å²) in [6.07, 6.45) is 7.25. The molecule has 1 rings (SSSR count). The summed E-state index contributed by atoms with van der Waals surface area (Å²) in [6.45, 7) is 0. The fourth-order valence-corrected chi connectivity index (χ4v) is 0.974. The number of nitrogens with two attached hydrogens (primary N) is 1. The van der Waals surface area contributed by atoms with Gasteiger partial charge in [0, 0.05) is 17.1 Å². The van der Waals surface area contributed by atoms with E-state index in [1.165, 1.54) is 19.3 Å². The van der Waals surface area contributed by atoms with Crippen LogP contribution in [0.1, 0.15) is 25.7 Å². The summed E-state index contributed by atoms with van der Waals surface area (Å²) in [4.78, 5) is 0. The minimum absolute atomic E-state index is 0. The van der Waals surface area contributed by atoms with E-state index in [-0.39, 0.29) is 17.1 Å². The summed E-state index contributed by atoms with van der Waals surface area (Å²) in [5.41, 5.74) is 5.60. The van der Waals surface area contributed by atoms with E-state index in [1.54, 1.807) is 0 Å². The molecule has 1 saturated carbocycles. The Balaban J connectivity index is 0.000000490. The van der Waals surface area contributed by atoms with E-state index in [1.807, 2.05) is 0 Å². The molecule has 0 aliphatic heterocycles. The van der Waals surface area contributed by atoms with Crippen LogP contribution in [0.25, 0.3) is 0 Å². The average Bonchev–Trinajstić information content (AvgIpc) is 1.69. The Hall–Kier alpha value is 0.479. The van der Waals surface area contributed by atoms with Gasteiger partial charge in [-0.25, -0.2) is 0 Å². The van der Waals surface area contributed by atoms with Gasteiger partial charge in [-0.3, -0.25) is 0 Å². The van der Waals surface area contributed by atoms with Gasteiger partial charge in [-0.1, -0.05) is 6.42 Å². The molecule has 0 amide bonds. The van der Waals surface area contributed by atoms with E-state index in [0.717, 1.165) is 6.42 Å². The van der Waals surface area contributed by atoms with Crippen LogP contribution in [0.2, 0.25) is 0 Å². The zero-order valence-electron chi connectivity index (χ0n) is 4.94. The molecule has 0 aromatic rings. The third-order valence-electron chi connectivity index (χ3n) is 1.45. The Labute approximate surface area is 61.5 Å². The van der Waals surface area contributed by atoms with Crippen molar-refractivity contribution in [1.82, 2.24) is 0 Å². The van der Waals surface area contributed by atoms with Crippen LogP contribution in [0.5, 0.6) is 0 Å². The van der Waals surface area contributed by atoms with Crippen molar-refractivity contribution < 1.29 is 17.1 Å². The third-order valence-corrected chi connectivity index (χ3v) is 1.45. The molecule has 0 spiro atoms. The van der Waals surface area contributed by atoms with Crippen LogP contribution in [-0.2, 0) is 17.1 Å². The molecule has 1 aliphatic rings. The van der Waals surface area contributed by atoms with Gasteiger partial charge < -0.3 is 12.2 Å².